The topological polar surface area (TPSA) is 44.3 Å². The molecule has 27 heavy (non-hydrogen) atoms. The Hall–Kier alpha value is -2.92. The summed E-state index contributed by atoms with van der Waals surface area (Å²) in [6, 6.07) is 22.6. The molecule has 140 valence electrons. The maximum Gasteiger partial charge on any atom is 0.227 e. The van der Waals surface area contributed by atoms with Crippen LogP contribution in [0.25, 0.3) is 11.3 Å². The first-order chi connectivity index (χ1) is 13.1. The number of anilines is 2. The van der Waals surface area contributed by atoms with Crippen molar-refractivity contribution in [3.8, 4) is 11.3 Å². The molecule has 0 saturated carbocycles. The first-order valence-corrected chi connectivity index (χ1v) is 9.20. The molecule has 1 N–H and O–H groups in total. The smallest absolute Gasteiger partial charge is 0.227 e. The number of hydrogen-bond acceptors (Lipinski definition) is 5. The average Bonchev–Trinajstić information content (AvgIpc) is 2.69. The van der Waals surface area contributed by atoms with Crippen molar-refractivity contribution in [2.24, 2.45) is 0 Å². The zero-order valence-electron chi connectivity index (χ0n) is 16.3. The molecule has 1 heterocycles. The SMILES string of the molecule is CN(C)CCNc1cc(-c2ccccc2)nc(N(C)Cc2ccccc2)n1. The molecule has 2 aromatic carbocycles. The number of aromatic nitrogens is 2. The minimum absolute atomic E-state index is 0.715. The van der Waals surface area contributed by atoms with Gasteiger partial charge in [0.05, 0.1) is 5.69 Å². The first kappa shape index (κ1) is 18.9. The van der Waals surface area contributed by atoms with E-state index in [9.17, 15) is 0 Å². The van der Waals surface area contributed by atoms with Crippen LogP contribution >= 0.6 is 0 Å². The van der Waals surface area contributed by atoms with E-state index in [1.807, 2.05) is 37.4 Å². The minimum Gasteiger partial charge on any atom is -0.369 e. The van der Waals surface area contributed by atoms with Crippen LogP contribution in [0, 0.1) is 0 Å². The van der Waals surface area contributed by atoms with Gasteiger partial charge in [0.25, 0.3) is 0 Å². The van der Waals surface area contributed by atoms with Crippen molar-refractivity contribution in [3.63, 3.8) is 0 Å². The van der Waals surface area contributed by atoms with Crippen LogP contribution in [0.1, 0.15) is 5.56 Å². The fourth-order valence-electron chi connectivity index (χ4n) is 2.79. The van der Waals surface area contributed by atoms with Gasteiger partial charge < -0.3 is 15.1 Å². The zero-order valence-corrected chi connectivity index (χ0v) is 16.3. The number of nitrogens with one attached hydrogen (secondary N) is 1. The number of likely N-dealkylation sites (N-methyl/N-ethyl adjacent to an activating group) is 1. The molecule has 3 aromatic rings. The summed E-state index contributed by atoms with van der Waals surface area (Å²) >= 11 is 0. The van der Waals surface area contributed by atoms with Crippen LogP contribution in [0.3, 0.4) is 0 Å². The van der Waals surface area contributed by atoms with Crippen LogP contribution in [0.4, 0.5) is 11.8 Å². The lowest BCUT2D eigenvalue weighted by Crippen LogP contribution is -2.23. The van der Waals surface area contributed by atoms with Gasteiger partial charge >= 0.3 is 0 Å². The highest BCUT2D eigenvalue weighted by molar-refractivity contribution is 5.64. The molecule has 0 fully saturated rings. The fourth-order valence-corrected chi connectivity index (χ4v) is 2.79. The van der Waals surface area contributed by atoms with E-state index >= 15 is 0 Å². The monoisotopic (exact) mass is 361 g/mol. The van der Waals surface area contributed by atoms with Crippen molar-refractivity contribution in [1.29, 1.82) is 0 Å². The number of hydrogen-bond donors (Lipinski definition) is 1. The van der Waals surface area contributed by atoms with E-state index in [2.05, 4.69) is 65.6 Å². The first-order valence-electron chi connectivity index (χ1n) is 9.20. The van der Waals surface area contributed by atoms with Crippen molar-refractivity contribution in [2.45, 2.75) is 6.54 Å². The Bertz CT molecular complexity index is 834. The van der Waals surface area contributed by atoms with Crippen LogP contribution in [0.2, 0.25) is 0 Å². The van der Waals surface area contributed by atoms with Gasteiger partial charge in [-0.25, -0.2) is 4.98 Å². The molecule has 0 radical (unpaired) electrons. The Labute approximate surface area is 161 Å². The van der Waals surface area contributed by atoms with E-state index < -0.39 is 0 Å². The lowest BCUT2D eigenvalue weighted by Gasteiger charge is -2.19. The molecule has 0 spiro atoms. The summed E-state index contributed by atoms with van der Waals surface area (Å²) in [6.07, 6.45) is 0. The molecule has 0 atom stereocenters. The molecule has 0 aliphatic carbocycles. The largest absolute Gasteiger partial charge is 0.369 e. The number of nitrogens with zero attached hydrogens (tertiary/aromatic N) is 4. The molecular weight excluding hydrogens is 334 g/mol. The van der Waals surface area contributed by atoms with Crippen molar-refractivity contribution in [2.75, 3.05) is 44.4 Å². The summed E-state index contributed by atoms with van der Waals surface area (Å²) in [7, 11) is 6.16. The van der Waals surface area contributed by atoms with Gasteiger partial charge in [0.15, 0.2) is 0 Å². The van der Waals surface area contributed by atoms with E-state index in [0.717, 1.165) is 36.7 Å². The van der Waals surface area contributed by atoms with Gasteiger partial charge in [-0.1, -0.05) is 60.7 Å². The summed E-state index contributed by atoms with van der Waals surface area (Å²) in [5.74, 6) is 1.56. The van der Waals surface area contributed by atoms with Crippen molar-refractivity contribution < 1.29 is 0 Å². The van der Waals surface area contributed by atoms with Crippen LogP contribution in [0.5, 0.6) is 0 Å². The summed E-state index contributed by atoms with van der Waals surface area (Å²) in [5, 5.41) is 3.43. The van der Waals surface area contributed by atoms with Crippen molar-refractivity contribution >= 4 is 11.8 Å². The predicted octanol–water partition coefficient (Wildman–Crippen LogP) is 3.75. The van der Waals surface area contributed by atoms with Crippen LogP contribution in [0.15, 0.2) is 66.7 Å². The second-order valence-electron chi connectivity index (χ2n) is 6.88. The third-order valence-electron chi connectivity index (χ3n) is 4.25. The normalized spacial score (nSPS) is 10.8. The molecule has 0 amide bonds. The standard InChI is InChI=1S/C22H27N5/c1-26(2)15-14-23-21-16-20(19-12-8-5-9-13-19)24-22(25-21)27(3)17-18-10-6-4-7-11-18/h4-13,16H,14-15,17H2,1-3H3,(H,23,24,25). The molecule has 0 aliphatic heterocycles. The van der Waals surface area contributed by atoms with E-state index in [-0.39, 0.29) is 0 Å². The van der Waals surface area contributed by atoms with E-state index in [1.54, 1.807) is 0 Å². The Morgan fingerprint density at radius 1 is 0.852 bits per heavy atom. The van der Waals surface area contributed by atoms with Crippen LogP contribution in [-0.4, -0.2) is 49.1 Å². The lowest BCUT2D eigenvalue weighted by molar-refractivity contribution is 0.425. The van der Waals surface area contributed by atoms with E-state index in [4.69, 9.17) is 9.97 Å². The third kappa shape index (κ3) is 5.53. The van der Waals surface area contributed by atoms with Gasteiger partial charge in [-0.3, -0.25) is 0 Å². The predicted molar refractivity (Wildman–Crippen MR) is 113 cm³/mol. The molecule has 0 unspecified atom stereocenters. The molecule has 5 nitrogen and oxygen atoms in total. The maximum atomic E-state index is 4.81. The van der Waals surface area contributed by atoms with Crippen molar-refractivity contribution in [3.05, 3.63) is 72.3 Å². The summed E-state index contributed by atoms with van der Waals surface area (Å²) in [4.78, 5) is 13.8. The maximum absolute atomic E-state index is 4.81. The quantitative estimate of drug-likeness (QED) is 0.662. The second kappa shape index (κ2) is 9.14. The highest BCUT2D eigenvalue weighted by Gasteiger charge is 2.11. The highest BCUT2D eigenvalue weighted by atomic mass is 15.2. The Balaban J connectivity index is 1.86. The van der Waals surface area contributed by atoms with Crippen LogP contribution in [-0.2, 0) is 6.54 Å². The number of rotatable bonds is 8. The number of benzene rings is 2. The summed E-state index contributed by atoms with van der Waals surface area (Å²) in [6.45, 7) is 2.54. The van der Waals surface area contributed by atoms with Crippen LogP contribution < -0.4 is 10.2 Å². The molecule has 0 aliphatic rings. The molecule has 1 aromatic heterocycles. The van der Waals surface area contributed by atoms with Gasteiger partial charge in [-0.2, -0.15) is 4.98 Å². The van der Waals surface area contributed by atoms with E-state index in [0.29, 0.717) is 5.95 Å². The molecule has 5 heteroatoms. The van der Waals surface area contributed by atoms with Gasteiger partial charge in [0.2, 0.25) is 5.95 Å². The fraction of sp³-hybridized carbons (Fsp3) is 0.273. The summed E-state index contributed by atoms with van der Waals surface area (Å²) in [5.41, 5.74) is 3.24. The summed E-state index contributed by atoms with van der Waals surface area (Å²) < 4.78 is 0. The van der Waals surface area contributed by atoms with E-state index in [1.165, 1.54) is 5.56 Å². The van der Waals surface area contributed by atoms with Gasteiger partial charge in [0.1, 0.15) is 5.82 Å². The third-order valence-corrected chi connectivity index (χ3v) is 4.25. The Kier molecular flexibility index (Phi) is 6.39. The molecule has 0 bridgehead atoms. The van der Waals surface area contributed by atoms with Gasteiger partial charge in [-0.05, 0) is 19.7 Å². The van der Waals surface area contributed by atoms with Gasteiger partial charge in [-0.15, -0.1) is 0 Å². The lowest BCUT2D eigenvalue weighted by atomic mass is 10.1. The zero-order chi connectivity index (χ0) is 19.1. The molecular formula is C22H27N5. The molecule has 3 rings (SSSR count). The highest BCUT2D eigenvalue weighted by Crippen LogP contribution is 2.23. The Morgan fingerprint density at radius 3 is 2.19 bits per heavy atom. The second-order valence-corrected chi connectivity index (χ2v) is 6.88. The average molecular weight is 361 g/mol. The minimum atomic E-state index is 0.715. The van der Waals surface area contributed by atoms with Crippen molar-refractivity contribution in [1.82, 2.24) is 14.9 Å². The van der Waals surface area contributed by atoms with Gasteiger partial charge in [0, 0.05) is 38.3 Å². The Morgan fingerprint density at radius 2 is 1.52 bits per heavy atom. The molecule has 0 saturated heterocycles.